The smallest absolute Gasteiger partial charge is 0.435 e. The molecule has 0 aromatic carbocycles. The van der Waals surface area contributed by atoms with Gasteiger partial charge in [0, 0.05) is 38.5 Å². The first kappa shape index (κ1) is 21.6. The van der Waals surface area contributed by atoms with Crippen LogP contribution in [0.4, 0.5) is 4.79 Å². The molecule has 0 bridgehead atoms. The average Bonchev–Trinajstić information content (AvgIpc) is 2.93. The number of carboxylic acid groups (broad SMARTS) is 1. The molecule has 0 radical (unpaired) electrons. The minimum Gasteiger partial charge on any atom is -0.435 e. The van der Waals surface area contributed by atoms with Crippen molar-refractivity contribution in [3.8, 4) is 0 Å². The van der Waals surface area contributed by atoms with Gasteiger partial charge in [0.1, 0.15) is 6.04 Å². The second-order valence-corrected chi connectivity index (χ2v) is 7.81. The summed E-state index contributed by atoms with van der Waals surface area (Å²) in [5.41, 5.74) is 0. The molecule has 2 N–H and O–H groups in total. The highest BCUT2D eigenvalue weighted by Crippen LogP contribution is 2.32. The first-order valence-electron chi connectivity index (χ1n) is 8.81. The number of carbonyl (C=O) groups excluding carboxylic acids is 3. The van der Waals surface area contributed by atoms with Crippen molar-refractivity contribution in [3.05, 3.63) is 0 Å². The second-order valence-electron chi connectivity index (χ2n) is 6.61. The van der Waals surface area contributed by atoms with Gasteiger partial charge in [-0.2, -0.15) is 9.28 Å². The Morgan fingerprint density at radius 3 is 2.48 bits per heavy atom. The van der Waals surface area contributed by atoms with Gasteiger partial charge in [0.2, 0.25) is 5.91 Å². The van der Waals surface area contributed by atoms with Gasteiger partial charge < -0.3 is 10.4 Å². The molecule has 0 saturated carbocycles. The van der Waals surface area contributed by atoms with Crippen molar-refractivity contribution in [3.63, 3.8) is 0 Å². The van der Waals surface area contributed by atoms with Crippen molar-refractivity contribution in [2.45, 2.75) is 58.9 Å². The van der Waals surface area contributed by atoms with Crippen LogP contribution in [0.2, 0.25) is 0 Å². The second kappa shape index (κ2) is 9.91. The quantitative estimate of drug-likeness (QED) is 0.500. The molecule has 0 aliphatic carbocycles. The van der Waals surface area contributed by atoms with Crippen LogP contribution in [0.1, 0.15) is 52.9 Å². The molecule has 0 aromatic rings. The Hall–Kier alpha value is -1.41. The Morgan fingerprint density at radius 1 is 1.32 bits per heavy atom. The number of rotatable bonds is 8. The topological polar surface area (TPSA) is 101 Å². The van der Waals surface area contributed by atoms with E-state index in [0.29, 0.717) is 19.4 Å². The molecule has 0 spiro atoms. The number of carbonyl (C=O) groups is 4. The normalized spacial score (nSPS) is 23.9. The number of hydrogen-bond donors (Lipinski definition) is 2. The van der Waals surface area contributed by atoms with Gasteiger partial charge >= 0.3 is 12.0 Å². The lowest BCUT2D eigenvalue weighted by Crippen LogP contribution is -2.61. The van der Waals surface area contributed by atoms with Crippen molar-refractivity contribution in [1.82, 2.24) is 5.32 Å². The maximum Gasteiger partial charge on any atom is 0.521 e. The van der Waals surface area contributed by atoms with E-state index in [0.717, 1.165) is 24.6 Å². The molecule has 8 heteroatoms. The molecule has 3 amide bonds. The van der Waals surface area contributed by atoms with E-state index in [1.807, 2.05) is 6.92 Å². The zero-order valence-electron chi connectivity index (χ0n) is 15.2. The number of unbranched alkanes of at least 4 members (excludes halogenated alkanes) is 1. The SMILES string of the molecule is CCCCNC(=O)CC(CSC(C)=O)C(=O)[N+]1(C(=O)O)CCC[C@H]1C. The lowest BCUT2D eigenvalue weighted by molar-refractivity contribution is -0.794. The molecule has 25 heavy (non-hydrogen) atoms. The molecule has 1 fully saturated rings. The van der Waals surface area contributed by atoms with E-state index in [1.54, 1.807) is 6.92 Å². The largest absolute Gasteiger partial charge is 0.521 e. The van der Waals surface area contributed by atoms with Gasteiger partial charge in [0.15, 0.2) is 5.12 Å². The maximum atomic E-state index is 13.1. The summed E-state index contributed by atoms with van der Waals surface area (Å²) in [6, 6.07) is -0.321. The Balaban J connectivity index is 2.93. The number of nitrogens with zero attached hydrogens (tertiary/aromatic N) is 1. The summed E-state index contributed by atoms with van der Waals surface area (Å²) in [6.07, 6.45) is 1.86. The van der Waals surface area contributed by atoms with Crippen LogP contribution in [0.5, 0.6) is 0 Å². The summed E-state index contributed by atoms with van der Waals surface area (Å²) in [7, 11) is 0. The van der Waals surface area contributed by atoms with Crippen molar-refractivity contribution in [2.75, 3.05) is 18.8 Å². The molecule has 142 valence electrons. The molecular formula is C17H29N2O5S+. The van der Waals surface area contributed by atoms with E-state index in [4.69, 9.17) is 0 Å². The fraction of sp³-hybridized carbons (Fsp3) is 0.765. The summed E-state index contributed by atoms with van der Waals surface area (Å²) in [4.78, 5) is 48.4. The molecule has 7 nitrogen and oxygen atoms in total. The Bertz CT molecular complexity index is 525. The van der Waals surface area contributed by atoms with Gasteiger partial charge in [-0.1, -0.05) is 25.1 Å². The van der Waals surface area contributed by atoms with E-state index in [9.17, 15) is 24.3 Å². The molecular weight excluding hydrogens is 344 g/mol. The van der Waals surface area contributed by atoms with Crippen LogP contribution >= 0.6 is 11.8 Å². The van der Waals surface area contributed by atoms with Crippen LogP contribution in [-0.2, 0) is 14.4 Å². The highest BCUT2D eigenvalue weighted by Gasteiger charge is 2.55. The summed E-state index contributed by atoms with van der Waals surface area (Å²) in [6.45, 7) is 5.94. The first-order valence-corrected chi connectivity index (χ1v) is 9.80. The third kappa shape index (κ3) is 5.54. The Morgan fingerprint density at radius 2 is 2.00 bits per heavy atom. The van der Waals surface area contributed by atoms with Crippen LogP contribution in [0.15, 0.2) is 0 Å². The summed E-state index contributed by atoms with van der Waals surface area (Å²) in [5, 5.41) is 12.3. The van der Waals surface area contributed by atoms with E-state index in [2.05, 4.69) is 5.32 Å². The van der Waals surface area contributed by atoms with Gasteiger partial charge in [-0.15, -0.1) is 0 Å². The Labute approximate surface area is 153 Å². The molecule has 3 atom stereocenters. The molecule has 1 rings (SSSR count). The highest BCUT2D eigenvalue weighted by molar-refractivity contribution is 8.13. The monoisotopic (exact) mass is 373 g/mol. The molecule has 1 aliphatic heterocycles. The highest BCUT2D eigenvalue weighted by atomic mass is 32.2. The average molecular weight is 373 g/mol. The van der Waals surface area contributed by atoms with Gasteiger partial charge in [-0.05, 0) is 13.3 Å². The van der Waals surface area contributed by atoms with E-state index in [1.165, 1.54) is 6.92 Å². The van der Waals surface area contributed by atoms with E-state index >= 15 is 0 Å². The third-order valence-corrected chi connectivity index (χ3v) is 5.72. The third-order valence-electron chi connectivity index (χ3n) is 4.74. The minimum absolute atomic E-state index is 0.0805. The van der Waals surface area contributed by atoms with Crippen molar-refractivity contribution >= 4 is 34.8 Å². The molecule has 1 heterocycles. The van der Waals surface area contributed by atoms with E-state index in [-0.39, 0.29) is 35.8 Å². The van der Waals surface area contributed by atoms with Crippen LogP contribution in [0.3, 0.4) is 0 Å². The van der Waals surface area contributed by atoms with Gasteiger partial charge in [-0.25, -0.2) is 4.79 Å². The summed E-state index contributed by atoms with van der Waals surface area (Å²) in [5.74, 6) is -1.38. The van der Waals surface area contributed by atoms with Crippen LogP contribution < -0.4 is 5.32 Å². The first-order chi connectivity index (χ1) is 11.8. The van der Waals surface area contributed by atoms with Crippen LogP contribution in [0, 0.1) is 5.92 Å². The molecule has 1 saturated heterocycles. The zero-order valence-corrected chi connectivity index (χ0v) is 16.1. The van der Waals surface area contributed by atoms with Crippen LogP contribution in [0.25, 0.3) is 0 Å². The van der Waals surface area contributed by atoms with Crippen LogP contribution in [-0.4, -0.2) is 57.5 Å². The minimum atomic E-state index is -1.17. The molecule has 1 aliphatic rings. The number of quaternary nitrogens is 1. The maximum absolute atomic E-state index is 13.1. The Kier molecular flexibility index (Phi) is 8.58. The number of thioether (sulfide) groups is 1. The summed E-state index contributed by atoms with van der Waals surface area (Å²) < 4.78 is -0.634. The van der Waals surface area contributed by atoms with Gasteiger partial charge in [0.25, 0.3) is 0 Å². The number of likely N-dealkylation sites (tertiary alicyclic amines) is 1. The van der Waals surface area contributed by atoms with E-state index < -0.39 is 22.4 Å². The number of amides is 3. The zero-order chi connectivity index (χ0) is 19.0. The van der Waals surface area contributed by atoms with Crippen molar-refractivity contribution in [1.29, 1.82) is 0 Å². The number of hydrogen-bond acceptors (Lipinski definition) is 5. The molecule has 2 unspecified atom stereocenters. The summed E-state index contributed by atoms with van der Waals surface area (Å²) >= 11 is 0.966. The van der Waals surface area contributed by atoms with Gasteiger partial charge in [-0.3, -0.25) is 9.59 Å². The van der Waals surface area contributed by atoms with Crippen molar-refractivity contribution in [2.24, 2.45) is 5.92 Å². The van der Waals surface area contributed by atoms with Gasteiger partial charge in [0.05, 0.1) is 12.5 Å². The fourth-order valence-electron chi connectivity index (χ4n) is 3.24. The number of nitrogens with one attached hydrogen (secondary N) is 1. The molecule has 0 aromatic heterocycles. The lowest BCUT2D eigenvalue weighted by atomic mass is 10.0. The van der Waals surface area contributed by atoms with Crippen molar-refractivity contribution < 1.29 is 28.8 Å². The lowest BCUT2D eigenvalue weighted by Gasteiger charge is -2.32. The standard InChI is InChI=1S/C17H28N2O5S/c1-4-5-8-18-15(21)10-14(11-25-13(3)20)16(22)19(17(23)24)9-6-7-12(19)2/h12,14H,4-11H2,1-3H3,(H-,18,21,23,24)/p+1/t12-,14?,19?/m1/s1. The predicted octanol–water partition coefficient (Wildman–Crippen LogP) is 2.39. The predicted molar refractivity (Wildman–Crippen MR) is 96.0 cm³/mol. The fourth-order valence-corrected chi connectivity index (χ4v) is 3.94. The number of imide groups is 1.